The Bertz CT molecular complexity index is 954. The smallest absolute Gasteiger partial charge is 0.255 e. The Morgan fingerprint density at radius 1 is 0.778 bits per heavy atom. The molecule has 0 aromatic heterocycles. The molecule has 0 heterocycles. The zero-order chi connectivity index (χ0) is 19.2. The van der Waals surface area contributed by atoms with Crippen LogP contribution < -0.4 is 15.4 Å². The van der Waals surface area contributed by atoms with Crippen LogP contribution in [0.4, 0.5) is 11.4 Å². The average Bonchev–Trinajstić information content (AvgIpc) is 2.70. The van der Waals surface area contributed by atoms with Gasteiger partial charge in [-0.3, -0.25) is 9.59 Å². The lowest BCUT2D eigenvalue weighted by Crippen LogP contribution is -2.14. The van der Waals surface area contributed by atoms with Crippen LogP contribution in [0.15, 0.2) is 72.8 Å². The van der Waals surface area contributed by atoms with Gasteiger partial charge in [0.1, 0.15) is 5.75 Å². The number of halogens is 1. The van der Waals surface area contributed by atoms with Gasteiger partial charge in [0.05, 0.1) is 7.11 Å². The fourth-order valence-corrected chi connectivity index (χ4v) is 2.55. The minimum Gasteiger partial charge on any atom is -0.497 e. The van der Waals surface area contributed by atoms with Gasteiger partial charge in [-0.15, -0.1) is 0 Å². The lowest BCUT2D eigenvalue weighted by molar-refractivity contribution is 0.101. The molecule has 0 aliphatic rings. The third kappa shape index (κ3) is 4.86. The molecule has 5 nitrogen and oxygen atoms in total. The molecular formula is C21H17ClN2O3. The normalized spacial score (nSPS) is 10.1. The molecule has 27 heavy (non-hydrogen) atoms. The minimum absolute atomic E-state index is 0.270. The number of nitrogens with one attached hydrogen (secondary N) is 2. The second kappa shape index (κ2) is 8.38. The Balaban J connectivity index is 1.69. The largest absolute Gasteiger partial charge is 0.497 e. The minimum atomic E-state index is -0.280. The molecule has 0 saturated carbocycles. The molecule has 0 fully saturated rings. The number of hydrogen-bond acceptors (Lipinski definition) is 3. The molecule has 0 unspecified atom stereocenters. The highest BCUT2D eigenvalue weighted by Gasteiger charge is 2.10. The quantitative estimate of drug-likeness (QED) is 0.664. The molecule has 0 radical (unpaired) electrons. The highest BCUT2D eigenvalue weighted by Crippen LogP contribution is 2.17. The maximum atomic E-state index is 12.4. The zero-order valence-corrected chi connectivity index (χ0v) is 15.3. The third-order valence-corrected chi connectivity index (χ3v) is 4.09. The van der Waals surface area contributed by atoms with Crippen molar-refractivity contribution in [2.24, 2.45) is 0 Å². The topological polar surface area (TPSA) is 67.4 Å². The molecular weight excluding hydrogens is 364 g/mol. The van der Waals surface area contributed by atoms with Crippen LogP contribution >= 0.6 is 11.6 Å². The van der Waals surface area contributed by atoms with Crippen LogP contribution in [0.2, 0.25) is 5.02 Å². The summed E-state index contributed by atoms with van der Waals surface area (Å²) in [6.07, 6.45) is 0. The van der Waals surface area contributed by atoms with E-state index in [4.69, 9.17) is 16.3 Å². The summed E-state index contributed by atoms with van der Waals surface area (Å²) in [5, 5.41) is 6.16. The van der Waals surface area contributed by atoms with Gasteiger partial charge in [-0.05, 0) is 66.7 Å². The predicted octanol–water partition coefficient (Wildman–Crippen LogP) is 4.85. The van der Waals surface area contributed by atoms with E-state index in [-0.39, 0.29) is 11.8 Å². The molecule has 136 valence electrons. The van der Waals surface area contributed by atoms with E-state index in [0.717, 1.165) is 0 Å². The van der Waals surface area contributed by atoms with Crippen LogP contribution in [0.5, 0.6) is 5.75 Å². The van der Waals surface area contributed by atoms with Crippen LogP contribution in [0, 0.1) is 0 Å². The summed E-state index contributed by atoms with van der Waals surface area (Å²) in [5.74, 6) is 0.123. The van der Waals surface area contributed by atoms with Crippen molar-refractivity contribution in [2.75, 3.05) is 17.7 Å². The van der Waals surface area contributed by atoms with Crippen LogP contribution in [-0.4, -0.2) is 18.9 Å². The van der Waals surface area contributed by atoms with Crippen LogP contribution in [-0.2, 0) is 0 Å². The molecule has 3 rings (SSSR count). The van der Waals surface area contributed by atoms with Crippen molar-refractivity contribution in [1.29, 1.82) is 0 Å². The Labute approximate surface area is 161 Å². The molecule has 0 saturated heterocycles. The standard InChI is InChI=1S/C21H17ClN2O3/c1-27-19-11-5-14(6-12-19)20(25)24-18-4-2-3-15(13-18)21(26)23-17-9-7-16(22)8-10-17/h2-13H,1H3,(H,23,26)(H,24,25). The van der Waals surface area contributed by atoms with E-state index in [1.807, 2.05) is 0 Å². The van der Waals surface area contributed by atoms with Crippen molar-refractivity contribution in [3.63, 3.8) is 0 Å². The van der Waals surface area contributed by atoms with E-state index in [1.165, 1.54) is 0 Å². The van der Waals surface area contributed by atoms with E-state index in [2.05, 4.69) is 10.6 Å². The predicted molar refractivity (Wildman–Crippen MR) is 107 cm³/mol. The number of benzene rings is 3. The van der Waals surface area contributed by atoms with E-state index in [1.54, 1.807) is 79.9 Å². The average molecular weight is 381 g/mol. The Hall–Kier alpha value is -3.31. The fraction of sp³-hybridized carbons (Fsp3) is 0.0476. The maximum Gasteiger partial charge on any atom is 0.255 e. The number of methoxy groups -OCH3 is 1. The van der Waals surface area contributed by atoms with Crippen LogP contribution in [0.1, 0.15) is 20.7 Å². The van der Waals surface area contributed by atoms with Crippen molar-refractivity contribution >= 4 is 34.8 Å². The Morgan fingerprint density at radius 3 is 2.07 bits per heavy atom. The second-order valence-corrected chi connectivity index (χ2v) is 6.16. The lowest BCUT2D eigenvalue weighted by Gasteiger charge is -2.09. The van der Waals surface area contributed by atoms with Gasteiger partial charge in [-0.25, -0.2) is 0 Å². The molecule has 6 heteroatoms. The first-order valence-electron chi connectivity index (χ1n) is 8.17. The highest BCUT2D eigenvalue weighted by atomic mass is 35.5. The van der Waals surface area contributed by atoms with Crippen LogP contribution in [0.25, 0.3) is 0 Å². The van der Waals surface area contributed by atoms with Gasteiger partial charge in [-0.1, -0.05) is 17.7 Å². The van der Waals surface area contributed by atoms with Gasteiger partial charge in [-0.2, -0.15) is 0 Å². The summed E-state index contributed by atoms with van der Waals surface area (Å²) < 4.78 is 5.08. The molecule has 0 aliphatic heterocycles. The van der Waals surface area contributed by atoms with Crippen molar-refractivity contribution in [1.82, 2.24) is 0 Å². The third-order valence-electron chi connectivity index (χ3n) is 3.84. The number of hydrogen-bond donors (Lipinski definition) is 2. The molecule has 0 bridgehead atoms. The van der Waals surface area contributed by atoms with Crippen molar-refractivity contribution in [2.45, 2.75) is 0 Å². The van der Waals surface area contributed by atoms with Gasteiger partial charge in [0.25, 0.3) is 11.8 Å². The van der Waals surface area contributed by atoms with Crippen molar-refractivity contribution in [3.8, 4) is 5.75 Å². The Kier molecular flexibility index (Phi) is 5.74. The van der Waals surface area contributed by atoms with E-state index < -0.39 is 0 Å². The highest BCUT2D eigenvalue weighted by molar-refractivity contribution is 6.30. The molecule has 2 N–H and O–H groups in total. The summed E-state index contributed by atoms with van der Waals surface area (Å²) in [4.78, 5) is 24.8. The molecule has 0 aliphatic carbocycles. The maximum absolute atomic E-state index is 12.4. The molecule has 0 spiro atoms. The van der Waals surface area contributed by atoms with Gasteiger partial charge in [0, 0.05) is 27.5 Å². The first-order chi connectivity index (χ1) is 13.0. The molecule has 0 atom stereocenters. The number of rotatable bonds is 5. The molecule has 3 aromatic carbocycles. The Morgan fingerprint density at radius 2 is 1.41 bits per heavy atom. The molecule has 2 amide bonds. The number of amides is 2. The monoisotopic (exact) mass is 380 g/mol. The summed E-state index contributed by atoms with van der Waals surface area (Å²) in [6, 6.07) is 20.3. The summed E-state index contributed by atoms with van der Waals surface area (Å²) >= 11 is 5.84. The second-order valence-electron chi connectivity index (χ2n) is 5.72. The van der Waals surface area contributed by atoms with Crippen molar-refractivity contribution in [3.05, 3.63) is 88.9 Å². The fourth-order valence-electron chi connectivity index (χ4n) is 2.42. The number of ether oxygens (including phenoxy) is 1. The first-order valence-corrected chi connectivity index (χ1v) is 8.55. The molecule has 3 aromatic rings. The number of carbonyl (C=O) groups excluding carboxylic acids is 2. The summed E-state index contributed by atoms with van der Waals surface area (Å²) in [6.45, 7) is 0. The zero-order valence-electron chi connectivity index (χ0n) is 14.5. The van der Waals surface area contributed by atoms with Gasteiger partial charge in [0.2, 0.25) is 0 Å². The van der Waals surface area contributed by atoms with E-state index >= 15 is 0 Å². The van der Waals surface area contributed by atoms with Crippen molar-refractivity contribution < 1.29 is 14.3 Å². The van der Waals surface area contributed by atoms with E-state index in [9.17, 15) is 9.59 Å². The summed E-state index contributed by atoms with van der Waals surface area (Å²) in [5.41, 5.74) is 2.08. The van der Waals surface area contributed by atoms with Crippen LogP contribution in [0.3, 0.4) is 0 Å². The lowest BCUT2D eigenvalue weighted by atomic mass is 10.1. The summed E-state index contributed by atoms with van der Waals surface area (Å²) in [7, 11) is 1.57. The van der Waals surface area contributed by atoms with Gasteiger partial charge < -0.3 is 15.4 Å². The number of anilines is 2. The number of carbonyl (C=O) groups is 2. The van der Waals surface area contributed by atoms with E-state index in [0.29, 0.717) is 33.3 Å². The first kappa shape index (κ1) is 18.5. The van der Waals surface area contributed by atoms with Gasteiger partial charge in [0.15, 0.2) is 0 Å². The van der Waals surface area contributed by atoms with Gasteiger partial charge >= 0.3 is 0 Å². The SMILES string of the molecule is COc1ccc(C(=O)Nc2cccc(C(=O)Nc3ccc(Cl)cc3)c2)cc1.